The number of benzene rings is 2. The van der Waals surface area contributed by atoms with Gasteiger partial charge < -0.3 is 9.47 Å². The molecule has 0 radical (unpaired) electrons. The second kappa shape index (κ2) is 7.61. The first-order valence-corrected chi connectivity index (χ1v) is 10.4. The number of aromatic nitrogens is 3. The number of rotatable bonds is 5. The fourth-order valence-corrected chi connectivity index (χ4v) is 4.18. The summed E-state index contributed by atoms with van der Waals surface area (Å²) in [6.45, 7) is 2.85. The average Bonchev–Trinajstić information content (AvgIpc) is 3.13. The summed E-state index contributed by atoms with van der Waals surface area (Å²) in [5.41, 5.74) is 1.68. The molecule has 4 rings (SSSR count). The second-order valence-corrected chi connectivity index (χ2v) is 8.15. The molecule has 0 bridgehead atoms. The number of nitrogens with zero attached hydrogens (tertiary/aromatic N) is 3. The van der Waals surface area contributed by atoms with Crippen molar-refractivity contribution in [2.75, 3.05) is 13.2 Å². The van der Waals surface area contributed by atoms with Crippen LogP contribution in [0.4, 0.5) is 0 Å². The smallest absolute Gasteiger partial charge is 0.241 e. The summed E-state index contributed by atoms with van der Waals surface area (Å²) in [6.07, 6.45) is 3.82. The van der Waals surface area contributed by atoms with Crippen molar-refractivity contribution in [3.8, 4) is 17.2 Å². The lowest BCUT2D eigenvalue weighted by Gasteiger charge is -2.16. The molecule has 1 N–H and O–H groups in total. The number of hydrogen-bond donors (Lipinski definition) is 1. The molecule has 0 fully saturated rings. The third-order valence-corrected chi connectivity index (χ3v) is 5.98. The Kier molecular flexibility index (Phi) is 5.01. The van der Waals surface area contributed by atoms with Gasteiger partial charge in [0.1, 0.15) is 12.7 Å². The molecule has 0 unspecified atom stereocenters. The van der Waals surface area contributed by atoms with Crippen LogP contribution in [0.5, 0.6) is 11.5 Å². The van der Waals surface area contributed by atoms with Gasteiger partial charge in [-0.3, -0.25) is 0 Å². The number of ether oxygens (including phenoxy) is 2. The molecule has 0 aliphatic carbocycles. The lowest BCUT2D eigenvalue weighted by molar-refractivity contribution is 0.297. The Morgan fingerprint density at radius 1 is 1.07 bits per heavy atom. The molecular weight excluding hydrogens is 380 g/mol. The fourth-order valence-electron chi connectivity index (χ4n) is 2.94. The summed E-state index contributed by atoms with van der Waals surface area (Å²) in [7, 11) is -3.72. The molecule has 2 aromatic carbocycles. The molecule has 2 heterocycles. The highest BCUT2D eigenvalue weighted by molar-refractivity contribution is 7.89. The first-order chi connectivity index (χ1) is 13.5. The largest absolute Gasteiger partial charge is 0.490 e. The van der Waals surface area contributed by atoms with E-state index in [2.05, 4.69) is 14.8 Å². The summed E-state index contributed by atoms with van der Waals surface area (Å²) in [5, 5.41) is 4.07. The van der Waals surface area contributed by atoms with E-state index in [4.69, 9.17) is 9.47 Å². The molecule has 0 saturated heterocycles. The Morgan fingerprint density at radius 3 is 2.54 bits per heavy atom. The second-order valence-electron chi connectivity index (χ2n) is 6.43. The zero-order valence-corrected chi connectivity index (χ0v) is 16.1. The number of sulfonamides is 1. The van der Waals surface area contributed by atoms with Crippen LogP contribution in [-0.2, 0) is 10.0 Å². The monoisotopic (exact) mass is 400 g/mol. The average molecular weight is 400 g/mol. The van der Waals surface area contributed by atoms with E-state index in [-0.39, 0.29) is 4.90 Å². The zero-order valence-electron chi connectivity index (χ0n) is 15.3. The minimum atomic E-state index is -3.72. The Hall–Kier alpha value is -2.91. The molecule has 3 aromatic rings. The van der Waals surface area contributed by atoms with E-state index >= 15 is 0 Å². The van der Waals surface area contributed by atoms with Gasteiger partial charge in [-0.15, -0.1) is 0 Å². The minimum Gasteiger partial charge on any atom is -0.490 e. The lowest BCUT2D eigenvalue weighted by Crippen LogP contribution is -2.27. The zero-order chi connectivity index (χ0) is 19.6. The topological polar surface area (TPSA) is 95.3 Å². The molecule has 1 aromatic heterocycles. The van der Waals surface area contributed by atoms with Crippen molar-refractivity contribution >= 4 is 10.0 Å². The fraction of sp³-hybridized carbons (Fsp3) is 0.263. The van der Waals surface area contributed by atoms with Gasteiger partial charge in [0.15, 0.2) is 11.5 Å². The summed E-state index contributed by atoms with van der Waals surface area (Å²) in [6, 6.07) is 11.7. The molecule has 28 heavy (non-hydrogen) atoms. The third kappa shape index (κ3) is 3.85. The third-order valence-electron chi connectivity index (χ3n) is 4.44. The maximum absolute atomic E-state index is 12.8. The number of hydrogen-bond acceptors (Lipinski definition) is 6. The predicted molar refractivity (Wildman–Crippen MR) is 102 cm³/mol. The van der Waals surface area contributed by atoms with Gasteiger partial charge in [-0.25, -0.2) is 22.8 Å². The van der Waals surface area contributed by atoms with E-state index in [0.717, 1.165) is 17.7 Å². The molecule has 0 amide bonds. The van der Waals surface area contributed by atoms with Gasteiger partial charge in [-0.2, -0.15) is 5.10 Å². The molecular formula is C19H20N4O4S. The Morgan fingerprint density at radius 2 is 1.82 bits per heavy atom. The number of fused-ring (bicyclic) bond motifs is 1. The standard InChI is InChI=1S/C19H20N4O4S/c1-14(15-3-5-16(6-4-15)23-13-20-12-21-23)22-28(24,25)17-7-8-18-19(11-17)27-10-2-9-26-18/h3-8,11-14,22H,2,9-10H2,1H3/t14-/m0/s1. The van der Waals surface area contributed by atoms with Crippen molar-refractivity contribution in [2.24, 2.45) is 0 Å². The van der Waals surface area contributed by atoms with E-state index in [1.165, 1.54) is 18.5 Å². The maximum atomic E-state index is 12.8. The van der Waals surface area contributed by atoms with Crippen LogP contribution in [0.3, 0.4) is 0 Å². The summed E-state index contributed by atoms with van der Waals surface area (Å²) < 4.78 is 41.1. The van der Waals surface area contributed by atoms with Crippen LogP contribution in [-0.4, -0.2) is 36.4 Å². The van der Waals surface area contributed by atoms with Crippen LogP contribution >= 0.6 is 0 Å². The molecule has 146 valence electrons. The van der Waals surface area contributed by atoms with Gasteiger partial charge in [0.25, 0.3) is 0 Å². The predicted octanol–water partition coefficient (Wildman–Crippen LogP) is 2.47. The van der Waals surface area contributed by atoms with Crippen LogP contribution in [0.1, 0.15) is 24.9 Å². The van der Waals surface area contributed by atoms with Crippen LogP contribution in [0, 0.1) is 0 Å². The van der Waals surface area contributed by atoms with Crippen LogP contribution in [0.2, 0.25) is 0 Å². The van der Waals surface area contributed by atoms with Gasteiger partial charge in [-0.1, -0.05) is 12.1 Å². The van der Waals surface area contributed by atoms with Crippen molar-refractivity contribution in [1.29, 1.82) is 0 Å². The van der Waals surface area contributed by atoms with Crippen molar-refractivity contribution in [1.82, 2.24) is 19.5 Å². The van der Waals surface area contributed by atoms with E-state index in [9.17, 15) is 8.42 Å². The minimum absolute atomic E-state index is 0.142. The summed E-state index contributed by atoms with van der Waals surface area (Å²) in [4.78, 5) is 4.06. The quantitative estimate of drug-likeness (QED) is 0.707. The SMILES string of the molecule is C[C@H](NS(=O)(=O)c1ccc2c(c1)OCCCO2)c1ccc(-n2cncn2)cc1. The van der Waals surface area contributed by atoms with E-state index in [1.807, 2.05) is 24.3 Å². The van der Waals surface area contributed by atoms with Crippen LogP contribution < -0.4 is 14.2 Å². The first-order valence-electron chi connectivity index (χ1n) is 8.90. The molecule has 1 aliphatic heterocycles. The molecule has 9 heteroatoms. The van der Waals surface area contributed by atoms with Gasteiger partial charge in [0, 0.05) is 18.5 Å². The van der Waals surface area contributed by atoms with Gasteiger partial charge in [0.05, 0.1) is 23.8 Å². The first kappa shape index (κ1) is 18.5. The van der Waals surface area contributed by atoms with Gasteiger partial charge in [-0.05, 0) is 36.8 Å². The normalized spacial score (nSPS) is 15.0. The Labute approximate surface area is 163 Å². The Bertz CT molecular complexity index is 1050. The molecule has 8 nitrogen and oxygen atoms in total. The van der Waals surface area contributed by atoms with E-state index in [1.54, 1.807) is 24.0 Å². The van der Waals surface area contributed by atoms with Crippen molar-refractivity contribution in [3.63, 3.8) is 0 Å². The van der Waals surface area contributed by atoms with Gasteiger partial charge >= 0.3 is 0 Å². The van der Waals surface area contributed by atoms with Crippen molar-refractivity contribution in [3.05, 3.63) is 60.7 Å². The Balaban J connectivity index is 1.52. The highest BCUT2D eigenvalue weighted by Crippen LogP contribution is 2.32. The highest BCUT2D eigenvalue weighted by atomic mass is 32.2. The van der Waals surface area contributed by atoms with Crippen molar-refractivity contribution < 1.29 is 17.9 Å². The number of nitrogens with one attached hydrogen (secondary N) is 1. The van der Waals surface area contributed by atoms with E-state index in [0.29, 0.717) is 24.7 Å². The van der Waals surface area contributed by atoms with Crippen LogP contribution in [0.15, 0.2) is 60.0 Å². The summed E-state index contributed by atoms with van der Waals surface area (Å²) in [5.74, 6) is 1.01. The highest BCUT2D eigenvalue weighted by Gasteiger charge is 2.21. The summed E-state index contributed by atoms with van der Waals surface area (Å²) >= 11 is 0. The molecule has 1 aliphatic rings. The molecule has 1 atom stereocenters. The lowest BCUT2D eigenvalue weighted by atomic mass is 10.1. The van der Waals surface area contributed by atoms with Crippen LogP contribution in [0.25, 0.3) is 5.69 Å². The van der Waals surface area contributed by atoms with Gasteiger partial charge in [0.2, 0.25) is 10.0 Å². The molecule has 0 saturated carbocycles. The van der Waals surface area contributed by atoms with Crippen molar-refractivity contribution in [2.45, 2.75) is 24.3 Å². The molecule has 0 spiro atoms. The van der Waals surface area contributed by atoms with E-state index < -0.39 is 16.1 Å². The maximum Gasteiger partial charge on any atom is 0.241 e.